The van der Waals surface area contributed by atoms with Crippen molar-refractivity contribution in [3.8, 4) is 5.69 Å². The third-order valence-electron chi connectivity index (χ3n) is 5.26. The molecule has 166 valence electrons. The fourth-order valence-electron chi connectivity index (χ4n) is 3.59. The van der Waals surface area contributed by atoms with Crippen molar-refractivity contribution in [1.29, 1.82) is 0 Å². The summed E-state index contributed by atoms with van der Waals surface area (Å²) in [6.45, 7) is 4.56. The van der Waals surface area contributed by atoms with E-state index in [1.54, 1.807) is 44.0 Å². The third-order valence-corrected chi connectivity index (χ3v) is 5.50. The number of aromatic nitrogens is 3. The van der Waals surface area contributed by atoms with Crippen LogP contribution in [0, 0.1) is 12.8 Å². The molecule has 3 rings (SSSR count). The second-order valence-electron chi connectivity index (χ2n) is 7.51. The van der Waals surface area contributed by atoms with Crippen molar-refractivity contribution in [2.24, 2.45) is 5.92 Å². The van der Waals surface area contributed by atoms with Gasteiger partial charge < -0.3 is 14.5 Å². The van der Waals surface area contributed by atoms with Crippen LogP contribution < -0.4 is 0 Å². The zero-order valence-corrected chi connectivity index (χ0v) is 18.6. The fourth-order valence-corrected chi connectivity index (χ4v) is 3.78. The van der Waals surface area contributed by atoms with Crippen LogP contribution in [-0.2, 0) is 14.3 Å². The van der Waals surface area contributed by atoms with Crippen LogP contribution in [0.4, 0.5) is 0 Å². The molecule has 1 aromatic carbocycles. The van der Waals surface area contributed by atoms with E-state index < -0.39 is 5.91 Å². The van der Waals surface area contributed by atoms with Gasteiger partial charge in [-0.2, -0.15) is 0 Å². The zero-order chi connectivity index (χ0) is 22.5. The number of piperidine rings is 1. The van der Waals surface area contributed by atoms with Crippen LogP contribution in [0.15, 0.2) is 24.3 Å². The number of halogens is 1. The van der Waals surface area contributed by atoms with E-state index >= 15 is 0 Å². The van der Waals surface area contributed by atoms with Crippen LogP contribution in [0.25, 0.3) is 5.69 Å². The largest absolute Gasteiger partial charge is 0.466 e. The van der Waals surface area contributed by atoms with Crippen molar-refractivity contribution < 1.29 is 19.1 Å². The summed E-state index contributed by atoms with van der Waals surface area (Å²) < 4.78 is 6.61. The van der Waals surface area contributed by atoms with Gasteiger partial charge in [-0.1, -0.05) is 22.9 Å². The highest BCUT2D eigenvalue weighted by Gasteiger charge is 2.31. The highest BCUT2D eigenvalue weighted by Crippen LogP contribution is 2.19. The summed E-state index contributed by atoms with van der Waals surface area (Å²) in [7, 11) is 1.55. The summed E-state index contributed by atoms with van der Waals surface area (Å²) in [5, 5.41) is 8.62. The normalized spacial score (nSPS) is 16.1. The molecule has 1 aliphatic heterocycles. The van der Waals surface area contributed by atoms with Gasteiger partial charge in [0.2, 0.25) is 5.91 Å². The minimum atomic E-state index is -0.405. The number of benzene rings is 1. The smallest absolute Gasteiger partial charge is 0.310 e. The minimum absolute atomic E-state index is 0.113. The molecule has 1 aromatic heterocycles. The Morgan fingerprint density at radius 2 is 2.10 bits per heavy atom. The predicted octanol–water partition coefficient (Wildman–Crippen LogP) is 2.10. The number of hydrogen-bond acceptors (Lipinski definition) is 6. The number of carbonyl (C=O) groups is 3. The van der Waals surface area contributed by atoms with Crippen molar-refractivity contribution in [1.82, 2.24) is 24.8 Å². The molecular formula is C21H26ClN5O4. The van der Waals surface area contributed by atoms with E-state index in [2.05, 4.69) is 10.3 Å². The van der Waals surface area contributed by atoms with Gasteiger partial charge in [0, 0.05) is 25.2 Å². The van der Waals surface area contributed by atoms with Gasteiger partial charge in [-0.25, -0.2) is 4.68 Å². The molecule has 0 saturated carbocycles. The Hall–Kier alpha value is -2.94. The standard InChI is InChI=1S/C21H26ClN5O4/c1-4-31-21(30)15-7-6-10-26(12-15)18(28)13-25(3)20(29)19-14(2)27(24-23-19)17-9-5-8-16(22)11-17/h5,8-9,11,15H,4,6-7,10,12-13H2,1-3H3. The van der Waals surface area contributed by atoms with E-state index in [0.29, 0.717) is 42.5 Å². The summed E-state index contributed by atoms with van der Waals surface area (Å²) in [5.41, 5.74) is 1.40. The number of amides is 2. The molecule has 10 heteroatoms. The minimum Gasteiger partial charge on any atom is -0.466 e. The number of hydrogen-bond donors (Lipinski definition) is 0. The number of carbonyl (C=O) groups excluding carboxylic acids is 3. The Morgan fingerprint density at radius 3 is 2.81 bits per heavy atom. The van der Waals surface area contributed by atoms with Crippen molar-refractivity contribution >= 4 is 29.4 Å². The molecule has 1 aliphatic rings. The van der Waals surface area contributed by atoms with Gasteiger partial charge in [0.25, 0.3) is 5.91 Å². The predicted molar refractivity (Wildman–Crippen MR) is 114 cm³/mol. The van der Waals surface area contributed by atoms with Gasteiger partial charge in [0.05, 0.1) is 30.5 Å². The molecule has 1 saturated heterocycles. The van der Waals surface area contributed by atoms with Gasteiger partial charge in [0.1, 0.15) is 0 Å². The van der Waals surface area contributed by atoms with Gasteiger partial charge >= 0.3 is 5.97 Å². The molecule has 0 N–H and O–H groups in total. The van der Waals surface area contributed by atoms with Crippen LogP contribution in [-0.4, -0.2) is 75.9 Å². The Kier molecular flexibility index (Phi) is 7.27. The van der Waals surface area contributed by atoms with E-state index in [0.717, 1.165) is 6.42 Å². The van der Waals surface area contributed by atoms with Crippen LogP contribution in [0.1, 0.15) is 35.9 Å². The number of rotatable bonds is 6. The first-order chi connectivity index (χ1) is 14.8. The first-order valence-electron chi connectivity index (χ1n) is 10.2. The van der Waals surface area contributed by atoms with Gasteiger partial charge in [-0.3, -0.25) is 14.4 Å². The Bertz CT molecular complexity index is 976. The van der Waals surface area contributed by atoms with Crippen LogP contribution in [0.3, 0.4) is 0 Å². The van der Waals surface area contributed by atoms with Gasteiger partial charge in [0.15, 0.2) is 5.69 Å². The average molecular weight is 448 g/mol. The second kappa shape index (κ2) is 9.91. The van der Waals surface area contributed by atoms with E-state index in [1.807, 2.05) is 6.07 Å². The Labute approximate surface area is 185 Å². The summed E-state index contributed by atoms with van der Waals surface area (Å²) in [6.07, 6.45) is 1.42. The Balaban J connectivity index is 1.65. The monoisotopic (exact) mass is 447 g/mol. The highest BCUT2D eigenvalue weighted by atomic mass is 35.5. The number of likely N-dealkylation sites (N-methyl/N-ethyl adjacent to an activating group) is 1. The van der Waals surface area contributed by atoms with Crippen molar-refractivity contribution in [2.45, 2.75) is 26.7 Å². The van der Waals surface area contributed by atoms with E-state index in [1.165, 1.54) is 9.58 Å². The lowest BCUT2D eigenvalue weighted by Gasteiger charge is -2.32. The third kappa shape index (κ3) is 5.22. The van der Waals surface area contributed by atoms with Gasteiger partial charge in [-0.15, -0.1) is 5.10 Å². The molecule has 2 heterocycles. The first kappa shape index (κ1) is 22.7. The number of ether oxygens (including phenoxy) is 1. The molecule has 2 aromatic rings. The quantitative estimate of drug-likeness (QED) is 0.629. The summed E-state index contributed by atoms with van der Waals surface area (Å²) in [6, 6.07) is 7.07. The van der Waals surface area contributed by atoms with Crippen molar-refractivity contribution in [2.75, 3.05) is 33.3 Å². The molecule has 1 unspecified atom stereocenters. The molecule has 2 amide bonds. The summed E-state index contributed by atoms with van der Waals surface area (Å²) in [5.74, 6) is -1.22. The average Bonchev–Trinajstić information content (AvgIpc) is 3.14. The Morgan fingerprint density at radius 1 is 1.32 bits per heavy atom. The molecule has 1 fully saturated rings. The van der Waals surface area contributed by atoms with Crippen LogP contribution in [0.5, 0.6) is 0 Å². The summed E-state index contributed by atoms with van der Waals surface area (Å²) >= 11 is 6.04. The van der Waals surface area contributed by atoms with Crippen LogP contribution in [0.2, 0.25) is 5.02 Å². The molecule has 0 spiro atoms. The maximum Gasteiger partial charge on any atom is 0.310 e. The molecule has 31 heavy (non-hydrogen) atoms. The number of esters is 1. The fraction of sp³-hybridized carbons (Fsp3) is 0.476. The first-order valence-corrected chi connectivity index (χ1v) is 10.6. The maximum absolute atomic E-state index is 12.9. The zero-order valence-electron chi connectivity index (χ0n) is 17.9. The topological polar surface area (TPSA) is 97.6 Å². The van der Waals surface area contributed by atoms with Crippen LogP contribution >= 0.6 is 11.6 Å². The van der Waals surface area contributed by atoms with Crippen molar-refractivity contribution in [3.05, 3.63) is 40.7 Å². The SMILES string of the molecule is CCOC(=O)C1CCCN(C(=O)CN(C)C(=O)c2nnn(-c3cccc(Cl)c3)c2C)C1. The lowest BCUT2D eigenvalue weighted by atomic mass is 9.98. The molecule has 1 atom stereocenters. The second-order valence-corrected chi connectivity index (χ2v) is 7.94. The van der Waals surface area contributed by atoms with E-state index in [4.69, 9.17) is 16.3 Å². The van der Waals surface area contributed by atoms with Crippen molar-refractivity contribution in [3.63, 3.8) is 0 Å². The van der Waals surface area contributed by atoms with E-state index in [-0.39, 0.29) is 30.0 Å². The highest BCUT2D eigenvalue weighted by molar-refractivity contribution is 6.30. The lowest BCUT2D eigenvalue weighted by Crippen LogP contribution is -2.47. The molecular weight excluding hydrogens is 422 g/mol. The summed E-state index contributed by atoms with van der Waals surface area (Å²) in [4.78, 5) is 40.6. The molecule has 0 aliphatic carbocycles. The maximum atomic E-state index is 12.9. The molecule has 9 nitrogen and oxygen atoms in total. The lowest BCUT2D eigenvalue weighted by molar-refractivity contribution is -0.151. The van der Waals surface area contributed by atoms with Gasteiger partial charge in [-0.05, 0) is 44.9 Å². The number of likely N-dealkylation sites (tertiary alicyclic amines) is 1. The molecule has 0 radical (unpaired) electrons. The van der Waals surface area contributed by atoms with E-state index in [9.17, 15) is 14.4 Å². The number of nitrogens with zero attached hydrogens (tertiary/aromatic N) is 5. The molecule has 0 bridgehead atoms.